The molecule has 1 unspecified atom stereocenters. The highest BCUT2D eigenvalue weighted by molar-refractivity contribution is 8.00. The molecule has 0 saturated heterocycles. The number of hydrogen-bond acceptors (Lipinski definition) is 4. The van der Waals surface area contributed by atoms with Crippen molar-refractivity contribution in [1.82, 2.24) is 0 Å². The molecule has 2 aromatic rings. The van der Waals surface area contributed by atoms with Gasteiger partial charge >= 0.3 is 5.97 Å². The molecule has 0 aromatic heterocycles. The largest absolute Gasteiger partial charge is 0.463 e. The first kappa shape index (κ1) is 16.9. The molecule has 5 heteroatoms. The molecule has 0 radical (unpaired) electrons. The van der Waals surface area contributed by atoms with Gasteiger partial charge in [-0.05, 0) is 37.6 Å². The summed E-state index contributed by atoms with van der Waals surface area (Å²) in [4.78, 5) is 13.7. The zero-order valence-corrected chi connectivity index (χ0v) is 15.1. The fraction of sp³-hybridized carbons (Fsp3) is 0.211. The van der Waals surface area contributed by atoms with E-state index in [-0.39, 0.29) is 11.2 Å². The molecule has 124 valence electrons. The zero-order chi connectivity index (χ0) is 17.1. The van der Waals surface area contributed by atoms with Crippen molar-refractivity contribution in [3.8, 4) is 0 Å². The van der Waals surface area contributed by atoms with Crippen LogP contribution in [0.4, 0.5) is 5.69 Å². The third kappa shape index (κ3) is 3.30. The molecule has 1 N–H and O–H groups in total. The van der Waals surface area contributed by atoms with E-state index in [9.17, 15) is 4.79 Å². The maximum absolute atomic E-state index is 12.6. The van der Waals surface area contributed by atoms with Crippen molar-refractivity contribution < 1.29 is 9.53 Å². The van der Waals surface area contributed by atoms with E-state index in [0.29, 0.717) is 17.2 Å². The Morgan fingerprint density at radius 3 is 2.67 bits per heavy atom. The van der Waals surface area contributed by atoms with Gasteiger partial charge in [0.2, 0.25) is 0 Å². The molecule has 1 atom stereocenters. The lowest BCUT2D eigenvalue weighted by molar-refractivity contribution is -0.138. The summed E-state index contributed by atoms with van der Waals surface area (Å²) in [5.74, 6) is -0.312. The van der Waals surface area contributed by atoms with Crippen LogP contribution in [0, 0.1) is 0 Å². The number of carbonyl (C=O) groups excluding carboxylic acids is 1. The van der Waals surface area contributed by atoms with E-state index in [2.05, 4.69) is 5.32 Å². The summed E-state index contributed by atoms with van der Waals surface area (Å²) in [5, 5.41) is 3.76. The SMILES string of the molecule is CCOC(=O)C1=C(C)Nc2ccccc2SC1c1ccccc1Cl. The predicted molar refractivity (Wildman–Crippen MR) is 99.4 cm³/mol. The van der Waals surface area contributed by atoms with Crippen molar-refractivity contribution in [2.24, 2.45) is 0 Å². The van der Waals surface area contributed by atoms with E-state index in [1.54, 1.807) is 11.8 Å². The maximum atomic E-state index is 12.6. The number of benzene rings is 2. The number of thioether (sulfide) groups is 1. The summed E-state index contributed by atoms with van der Waals surface area (Å²) < 4.78 is 5.30. The van der Waals surface area contributed by atoms with Crippen LogP contribution in [0.5, 0.6) is 0 Å². The van der Waals surface area contributed by atoms with E-state index in [1.807, 2.05) is 62.4 Å². The fourth-order valence-corrected chi connectivity index (χ4v) is 4.39. The molecule has 24 heavy (non-hydrogen) atoms. The number of para-hydroxylation sites is 1. The number of halogens is 1. The smallest absolute Gasteiger partial charge is 0.337 e. The Balaban J connectivity index is 2.15. The van der Waals surface area contributed by atoms with Gasteiger partial charge in [0.05, 0.1) is 23.1 Å². The lowest BCUT2D eigenvalue weighted by Crippen LogP contribution is -2.16. The normalized spacial score (nSPS) is 16.9. The lowest BCUT2D eigenvalue weighted by atomic mass is 10.0. The van der Waals surface area contributed by atoms with E-state index in [4.69, 9.17) is 16.3 Å². The van der Waals surface area contributed by atoms with Crippen LogP contribution in [0.1, 0.15) is 24.7 Å². The van der Waals surface area contributed by atoms with Gasteiger partial charge in [-0.25, -0.2) is 4.79 Å². The Morgan fingerprint density at radius 1 is 1.21 bits per heavy atom. The quantitative estimate of drug-likeness (QED) is 0.741. The highest BCUT2D eigenvalue weighted by Crippen LogP contribution is 2.48. The first-order valence-electron chi connectivity index (χ1n) is 7.76. The van der Waals surface area contributed by atoms with E-state index in [0.717, 1.165) is 21.8 Å². The van der Waals surface area contributed by atoms with Gasteiger partial charge in [-0.15, -0.1) is 11.8 Å². The third-order valence-electron chi connectivity index (χ3n) is 3.80. The van der Waals surface area contributed by atoms with Gasteiger partial charge in [0.15, 0.2) is 0 Å². The Labute approximate surface area is 151 Å². The Kier molecular flexibility index (Phi) is 5.17. The van der Waals surface area contributed by atoms with Gasteiger partial charge in [-0.1, -0.05) is 41.9 Å². The minimum atomic E-state index is -0.312. The molecule has 0 amide bonds. The number of allylic oxidation sites excluding steroid dienone is 1. The number of carbonyl (C=O) groups is 1. The summed E-state index contributed by atoms with van der Waals surface area (Å²) in [7, 11) is 0. The number of esters is 1. The molecule has 0 bridgehead atoms. The highest BCUT2D eigenvalue weighted by atomic mass is 35.5. The molecule has 2 aromatic carbocycles. The second-order valence-corrected chi connectivity index (χ2v) is 6.95. The molecule has 3 rings (SSSR count). The Hall–Kier alpha value is -1.91. The van der Waals surface area contributed by atoms with Crippen LogP contribution in [0.25, 0.3) is 0 Å². The van der Waals surface area contributed by atoms with Gasteiger partial charge in [-0.2, -0.15) is 0 Å². The number of anilines is 1. The van der Waals surface area contributed by atoms with Gasteiger partial charge in [0.25, 0.3) is 0 Å². The number of nitrogens with one attached hydrogen (secondary N) is 1. The lowest BCUT2D eigenvalue weighted by Gasteiger charge is -2.20. The van der Waals surface area contributed by atoms with E-state index < -0.39 is 0 Å². The molecule has 1 aliphatic heterocycles. The van der Waals surface area contributed by atoms with Crippen LogP contribution in [0.15, 0.2) is 64.7 Å². The Bertz CT molecular complexity index is 803. The van der Waals surface area contributed by atoms with Crippen molar-refractivity contribution in [3.05, 3.63) is 70.4 Å². The predicted octanol–water partition coefficient (Wildman–Crippen LogP) is 5.44. The second-order valence-electron chi connectivity index (χ2n) is 5.40. The maximum Gasteiger partial charge on any atom is 0.337 e. The number of rotatable bonds is 3. The molecule has 0 fully saturated rings. The zero-order valence-electron chi connectivity index (χ0n) is 13.5. The monoisotopic (exact) mass is 359 g/mol. The van der Waals surface area contributed by atoms with Crippen LogP contribution in [0.2, 0.25) is 5.02 Å². The van der Waals surface area contributed by atoms with Gasteiger partial charge in [0.1, 0.15) is 0 Å². The summed E-state index contributed by atoms with van der Waals surface area (Å²) in [6.07, 6.45) is 0. The van der Waals surface area contributed by atoms with Gasteiger partial charge < -0.3 is 10.1 Å². The van der Waals surface area contributed by atoms with Crippen molar-refractivity contribution in [2.75, 3.05) is 11.9 Å². The minimum absolute atomic E-state index is 0.228. The topological polar surface area (TPSA) is 38.3 Å². The highest BCUT2D eigenvalue weighted by Gasteiger charge is 2.31. The van der Waals surface area contributed by atoms with E-state index >= 15 is 0 Å². The summed E-state index contributed by atoms with van der Waals surface area (Å²) >= 11 is 8.03. The van der Waals surface area contributed by atoms with Crippen LogP contribution < -0.4 is 5.32 Å². The van der Waals surface area contributed by atoms with Crippen LogP contribution >= 0.6 is 23.4 Å². The van der Waals surface area contributed by atoms with E-state index in [1.165, 1.54) is 0 Å². The first-order valence-corrected chi connectivity index (χ1v) is 9.02. The van der Waals surface area contributed by atoms with Crippen LogP contribution in [-0.4, -0.2) is 12.6 Å². The van der Waals surface area contributed by atoms with Crippen molar-refractivity contribution in [1.29, 1.82) is 0 Å². The number of ether oxygens (including phenoxy) is 1. The molecule has 1 heterocycles. The van der Waals surface area contributed by atoms with Crippen LogP contribution in [-0.2, 0) is 9.53 Å². The van der Waals surface area contributed by atoms with Crippen LogP contribution in [0.3, 0.4) is 0 Å². The summed E-state index contributed by atoms with van der Waals surface area (Å²) in [6.45, 7) is 4.05. The summed E-state index contributed by atoms with van der Waals surface area (Å²) in [5.41, 5.74) is 3.28. The van der Waals surface area contributed by atoms with Crippen molar-refractivity contribution in [3.63, 3.8) is 0 Å². The fourth-order valence-electron chi connectivity index (χ4n) is 2.70. The molecular formula is C19H18ClNO2S. The molecule has 0 spiro atoms. The van der Waals surface area contributed by atoms with Crippen molar-refractivity contribution in [2.45, 2.75) is 24.0 Å². The van der Waals surface area contributed by atoms with Gasteiger partial charge in [0, 0.05) is 15.6 Å². The number of hydrogen-bond donors (Lipinski definition) is 1. The molecule has 3 nitrogen and oxygen atoms in total. The second kappa shape index (κ2) is 7.32. The van der Waals surface area contributed by atoms with Crippen molar-refractivity contribution >= 4 is 35.0 Å². The molecule has 0 saturated carbocycles. The molecule has 1 aliphatic rings. The average Bonchev–Trinajstić information content (AvgIpc) is 2.71. The molecular weight excluding hydrogens is 342 g/mol. The first-order chi connectivity index (χ1) is 11.6. The molecule has 0 aliphatic carbocycles. The number of fused-ring (bicyclic) bond motifs is 1. The average molecular weight is 360 g/mol. The summed E-state index contributed by atoms with van der Waals surface area (Å²) in [6, 6.07) is 15.6. The standard InChI is InChI=1S/C19H18ClNO2S/c1-3-23-19(22)17-12(2)21-15-10-6-7-11-16(15)24-18(17)13-8-4-5-9-14(13)20/h4-11,18,21H,3H2,1-2H3. The van der Waals surface area contributed by atoms with Gasteiger partial charge in [-0.3, -0.25) is 0 Å². The third-order valence-corrected chi connectivity index (χ3v) is 5.48. The Morgan fingerprint density at radius 2 is 1.92 bits per heavy atom. The minimum Gasteiger partial charge on any atom is -0.463 e.